The van der Waals surface area contributed by atoms with E-state index in [2.05, 4.69) is 0 Å². The maximum atomic E-state index is 12.0. The zero-order chi connectivity index (χ0) is 25.4. The standard InChI is InChI=1S/C23H28O11/c1-12(24)30-19-18(29-11-17-9-7-6-8-10-17)20(31-13(2)25)22(33-15(4)27)23(34-16(5)28)21(19)32-14(3)26/h6-10,18-23H,11H2,1-5H3/t18?,19-,20+,21-,22-,23?/m0/s1. The van der Waals surface area contributed by atoms with Gasteiger partial charge in [0.25, 0.3) is 0 Å². The summed E-state index contributed by atoms with van der Waals surface area (Å²) < 4.78 is 32.9. The lowest BCUT2D eigenvalue weighted by Crippen LogP contribution is -2.68. The van der Waals surface area contributed by atoms with Gasteiger partial charge in [0.05, 0.1) is 6.61 Å². The predicted octanol–water partition coefficient (Wildman–Crippen LogP) is 1.24. The SMILES string of the molecule is CC(=O)OC1[C@@H](OC(C)=O)[C@H](OC(C)=O)C(OCc2ccccc2)[C@H](OC(C)=O)[C@@H]1OC(C)=O. The number of carbonyl (C=O) groups is 5. The maximum absolute atomic E-state index is 12.0. The largest absolute Gasteiger partial charge is 0.455 e. The van der Waals surface area contributed by atoms with Gasteiger partial charge in [0.2, 0.25) is 0 Å². The molecule has 0 heterocycles. The molecule has 1 aliphatic rings. The first-order valence-electron chi connectivity index (χ1n) is 10.5. The van der Waals surface area contributed by atoms with Crippen molar-refractivity contribution in [1.29, 1.82) is 0 Å². The van der Waals surface area contributed by atoms with Crippen molar-refractivity contribution in [3.05, 3.63) is 35.9 Å². The van der Waals surface area contributed by atoms with Crippen LogP contribution in [0.3, 0.4) is 0 Å². The molecule has 0 N–H and O–H groups in total. The Morgan fingerprint density at radius 2 is 0.824 bits per heavy atom. The first-order chi connectivity index (χ1) is 16.0. The van der Waals surface area contributed by atoms with Gasteiger partial charge in [-0.25, -0.2) is 0 Å². The van der Waals surface area contributed by atoms with E-state index in [1.54, 1.807) is 24.3 Å². The van der Waals surface area contributed by atoms with Crippen LogP contribution >= 0.6 is 0 Å². The second-order valence-corrected chi connectivity index (χ2v) is 7.63. The summed E-state index contributed by atoms with van der Waals surface area (Å²) in [6, 6.07) is 8.93. The van der Waals surface area contributed by atoms with Gasteiger partial charge in [0.1, 0.15) is 6.10 Å². The van der Waals surface area contributed by atoms with E-state index >= 15 is 0 Å². The predicted molar refractivity (Wildman–Crippen MR) is 113 cm³/mol. The number of hydrogen-bond donors (Lipinski definition) is 0. The number of carbonyl (C=O) groups excluding carboxylic acids is 5. The number of benzene rings is 1. The highest BCUT2D eigenvalue weighted by Crippen LogP contribution is 2.35. The van der Waals surface area contributed by atoms with E-state index in [0.29, 0.717) is 0 Å². The summed E-state index contributed by atoms with van der Waals surface area (Å²) in [4.78, 5) is 59.6. The van der Waals surface area contributed by atoms with Crippen LogP contribution in [0, 0.1) is 0 Å². The van der Waals surface area contributed by atoms with Crippen molar-refractivity contribution in [2.75, 3.05) is 0 Å². The van der Waals surface area contributed by atoms with Gasteiger partial charge < -0.3 is 28.4 Å². The summed E-state index contributed by atoms with van der Waals surface area (Å²) >= 11 is 0. The third-order valence-electron chi connectivity index (χ3n) is 4.74. The average molecular weight is 480 g/mol. The van der Waals surface area contributed by atoms with E-state index in [1.807, 2.05) is 6.07 Å². The quantitative estimate of drug-likeness (QED) is 0.392. The summed E-state index contributed by atoms with van der Waals surface area (Å²) in [5, 5.41) is 0. The Bertz CT molecular complexity index is 853. The van der Waals surface area contributed by atoms with Gasteiger partial charge in [-0.15, -0.1) is 0 Å². The minimum Gasteiger partial charge on any atom is -0.455 e. The molecule has 1 aromatic carbocycles. The van der Waals surface area contributed by atoms with Crippen LogP contribution in [0.5, 0.6) is 0 Å². The third-order valence-corrected chi connectivity index (χ3v) is 4.74. The maximum Gasteiger partial charge on any atom is 0.303 e. The van der Waals surface area contributed by atoms with E-state index in [4.69, 9.17) is 28.4 Å². The highest BCUT2D eigenvalue weighted by atomic mass is 16.7. The smallest absolute Gasteiger partial charge is 0.303 e. The van der Waals surface area contributed by atoms with Crippen molar-refractivity contribution in [2.24, 2.45) is 0 Å². The van der Waals surface area contributed by atoms with E-state index in [-0.39, 0.29) is 6.61 Å². The zero-order valence-electron chi connectivity index (χ0n) is 19.5. The lowest BCUT2D eigenvalue weighted by Gasteiger charge is -2.47. The highest BCUT2D eigenvalue weighted by molar-refractivity contribution is 5.70. The fraction of sp³-hybridized carbons (Fsp3) is 0.522. The fourth-order valence-electron chi connectivity index (χ4n) is 3.71. The highest BCUT2D eigenvalue weighted by Gasteiger charge is 2.59. The molecule has 11 heteroatoms. The first-order valence-corrected chi connectivity index (χ1v) is 10.5. The summed E-state index contributed by atoms with van der Waals surface area (Å²) in [6.45, 7) is 5.54. The first kappa shape index (κ1) is 26.8. The summed E-state index contributed by atoms with van der Waals surface area (Å²) in [7, 11) is 0. The van der Waals surface area contributed by atoms with E-state index < -0.39 is 66.5 Å². The second kappa shape index (κ2) is 12.1. The normalized spacial score (nSPS) is 26.0. The molecule has 186 valence electrons. The molecule has 0 aromatic heterocycles. The summed E-state index contributed by atoms with van der Waals surface area (Å²) in [5.41, 5.74) is 0.737. The van der Waals surface area contributed by atoms with Crippen LogP contribution in [0.25, 0.3) is 0 Å². The Morgan fingerprint density at radius 3 is 1.12 bits per heavy atom. The van der Waals surface area contributed by atoms with Gasteiger partial charge in [-0.2, -0.15) is 0 Å². The van der Waals surface area contributed by atoms with Crippen LogP contribution < -0.4 is 0 Å². The van der Waals surface area contributed by atoms with Gasteiger partial charge in [-0.05, 0) is 5.56 Å². The van der Waals surface area contributed by atoms with Gasteiger partial charge in [0, 0.05) is 34.6 Å². The lowest BCUT2D eigenvalue weighted by molar-refractivity contribution is -0.264. The molecule has 1 fully saturated rings. The zero-order valence-corrected chi connectivity index (χ0v) is 19.5. The number of rotatable bonds is 8. The molecule has 6 atom stereocenters. The van der Waals surface area contributed by atoms with Crippen molar-refractivity contribution >= 4 is 29.8 Å². The Morgan fingerprint density at radius 1 is 0.529 bits per heavy atom. The van der Waals surface area contributed by atoms with E-state index in [0.717, 1.165) is 40.2 Å². The molecule has 0 radical (unpaired) electrons. The van der Waals surface area contributed by atoms with E-state index in [9.17, 15) is 24.0 Å². The molecule has 1 saturated carbocycles. The molecular weight excluding hydrogens is 452 g/mol. The summed E-state index contributed by atoms with van der Waals surface area (Å²) in [5.74, 6) is -3.89. The van der Waals surface area contributed by atoms with Crippen molar-refractivity contribution in [1.82, 2.24) is 0 Å². The van der Waals surface area contributed by atoms with Gasteiger partial charge in [-0.3, -0.25) is 24.0 Å². The van der Waals surface area contributed by atoms with Gasteiger partial charge in [0.15, 0.2) is 30.5 Å². The molecule has 2 unspecified atom stereocenters. The average Bonchev–Trinajstić information content (AvgIpc) is 2.72. The number of hydrogen-bond acceptors (Lipinski definition) is 11. The Hall–Kier alpha value is -3.47. The minimum absolute atomic E-state index is 0.0150. The topological polar surface area (TPSA) is 141 Å². The molecular formula is C23H28O11. The van der Waals surface area contributed by atoms with Crippen molar-refractivity contribution in [3.8, 4) is 0 Å². The molecule has 0 bridgehead atoms. The second-order valence-electron chi connectivity index (χ2n) is 7.63. The van der Waals surface area contributed by atoms with Crippen LogP contribution in [0.15, 0.2) is 30.3 Å². The molecule has 0 amide bonds. The Kier molecular flexibility index (Phi) is 9.55. The van der Waals surface area contributed by atoms with Crippen LogP contribution in [0.2, 0.25) is 0 Å². The fourth-order valence-corrected chi connectivity index (χ4v) is 3.71. The molecule has 1 aromatic rings. The van der Waals surface area contributed by atoms with Crippen LogP contribution in [0.4, 0.5) is 0 Å². The van der Waals surface area contributed by atoms with Crippen LogP contribution in [-0.4, -0.2) is 66.5 Å². The lowest BCUT2D eigenvalue weighted by atomic mass is 9.83. The van der Waals surface area contributed by atoms with Crippen molar-refractivity contribution in [3.63, 3.8) is 0 Å². The summed E-state index contributed by atoms with van der Waals surface area (Å²) in [6.07, 6.45) is -8.32. The molecule has 1 aliphatic carbocycles. The van der Waals surface area contributed by atoms with Crippen molar-refractivity contribution in [2.45, 2.75) is 77.8 Å². The van der Waals surface area contributed by atoms with Gasteiger partial charge in [-0.1, -0.05) is 30.3 Å². The molecule has 0 aliphatic heterocycles. The Balaban J connectivity index is 2.60. The molecule has 34 heavy (non-hydrogen) atoms. The van der Waals surface area contributed by atoms with Crippen LogP contribution in [-0.2, 0) is 59.0 Å². The molecule has 11 nitrogen and oxygen atoms in total. The minimum atomic E-state index is -1.46. The van der Waals surface area contributed by atoms with Crippen LogP contribution in [0.1, 0.15) is 40.2 Å². The Labute approximate surface area is 196 Å². The molecule has 0 spiro atoms. The number of esters is 5. The monoisotopic (exact) mass is 480 g/mol. The van der Waals surface area contributed by atoms with Gasteiger partial charge >= 0.3 is 29.8 Å². The number of ether oxygens (including phenoxy) is 6. The third kappa shape index (κ3) is 7.55. The van der Waals surface area contributed by atoms with Crippen molar-refractivity contribution < 1.29 is 52.4 Å². The molecule has 2 rings (SSSR count). The molecule has 0 saturated heterocycles. The van der Waals surface area contributed by atoms with E-state index in [1.165, 1.54) is 0 Å².